The molecule has 6 nitrogen and oxygen atoms in total. The standard InChI is InChI=1S/C13H21N5O/c1-4-14-5-2-11(1)16-12-3-6-15-13(17-12)18-7-9-19-10-8-18/h3,6,11,14H,1-2,4-5,7-10H2,(H,15,16,17). The quantitative estimate of drug-likeness (QED) is 0.827. The highest BCUT2D eigenvalue weighted by molar-refractivity contribution is 5.42. The lowest BCUT2D eigenvalue weighted by Crippen LogP contribution is -2.38. The number of hydrogen-bond donors (Lipinski definition) is 2. The number of anilines is 2. The lowest BCUT2D eigenvalue weighted by Gasteiger charge is -2.28. The minimum atomic E-state index is 0.522. The van der Waals surface area contributed by atoms with Crippen LogP contribution < -0.4 is 15.5 Å². The maximum atomic E-state index is 5.35. The lowest BCUT2D eigenvalue weighted by molar-refractivity contribution is 0.122. The molecule has 104 valence electrons. The van der Waals surface area contributed by atoms with Crippen LogP contribution in [0, 0.1) is 0 Å². The minimum absolute atomic E-state index is 0.522. The molecule has 2 N–H and O–H groups in total. The van der Waals surface area contributed by atoms with Crippen molar-refractivity contribution in [2.75, 3.05) is 49.6 Å². The number of ether oxygens (including phenoxy) is 1. The van der Waals surface area contributed by atoms with Gasteiger partial charge in [0.25, 0.3) is 0 Å². The van der Waals surface area contributed by atoms with Crippen LogP contribution in [0.2, 0.25) is 0 Å². The summed E-state index contributed by atoms with van der Waals surface area (Å²) in [6, 6.07) is 2.47. The first-order chi connectivity index (χ1) is 9.42. The van der Waals surface area contributed by atoms with E-state index in [0.29, 0.717) is 6.04 Å². The number of nitrogens with zero attached hydrogens (tertiary/aromatic N) is 3. The highest BCUT2D eigenvalue weighted by atomic mass is 16.5. The van der Waals surface area contributed by atoms with Gasteiger partial charge in [-0.15, -0.1) is 0 Å². The molecule has 0 unspecified atom stereocenters. The fraction of sp³-hybridized carbons (Fsp3) is 0.692. The minimum Gasteiger partial charge on any atom is -0.378 e. The third-order valence-corrected chi connectivity index (χ3v) is 3.63. The van der Waals surface area contributed by atoms with Crippen LogP contribution in [0.25, 0.3) is 0 Å². The molecule has 3 heterocycles. The highest BCUT2D eigenvalue weighted by Crippen LogP contribution is 2.15. The molecule has 1 aromatic rings. The average Bonchev–Trinajstić information content (AvgIpc) is 2.49. The second-order valence-corrected chi connectivity index (χ2v) is 5.01. The van der Waals surface area contributed by atoms with E-state index in [1.165, 1.54) is 0 Å². The maximum Gasteiger partial charge on any atom is 0.227 e. The van der Waals surface area contributed by atoms with E-state index in [1.807, 2.05) is 12.3 Å². The van der Waals surface area contributed by atoms with Crippen molar-refractivity contribution >= 4 is 11.8 Å². The van der Waals surface area contributed by atoms with E-state index in [9.17, 15) is 0 Å². The van der Waals surface area contributed by atoms with E-state index in [-0.39, 0.29) is 0 Å². The smallest absolute Gasteiger partial charge is 0.227 e. The Balaban J connectivity index is 1.64. The topological polar surface area (TPSA) is 62.3 Å². The molecule has 0 aliphatic carbocycles. The van der Waals surface area contributed by atoms with Crippen LogP contribution in [0.3, 0.4) is 0 Å². The summed E-state index contributed by atoms with van der Waals surface area (Å²) in [5, 5.41) is 6.88. The summed E-state index contributed by atoms with van der Waals surface area (Å²) in [5.41, 5.74) is 0. The zero-order chi connectivity index (χ0) is 12.9. The van der Waals surface area contributed by atoms with Gasteiger partial charge in [0, 0.05) is 25.3 Å². The molecule has 0 atom stereocenters. The molecule has 2 saturated heterocycles. The predicted molar refractivity (Wildman–Crippen MR) is 74.6 cm³/mol. The van der Waals surface area contributed by atoms with Gasteiger partial charge in [-0.1, -0.05) is 0 Å². The summed E-state index contributed by atoms with van der Waals surface area (Å²) in [6.07, 6.45) is 4.13. The van der Waals surface area contributed by atoms with Crippen molar-refractivity contribution in [3.63, 3.8) is 0 Å². The molecule has 0 amide bonds. The number of hydrogen-bond acceptors (Lipinski definition) is 6. The Bertz CT molecular complexity index is 402. The SMILES string of the molecule is c1cc(NC2CCNCC2)nc(N2CCOCC2)n1. The summed E-state index contributed by atoms with van der Waals surface area (Å²) in [6.45, 7) is 5.43. The van der Waals surface area contributed by atoms with Gasteiger partial charge in [0.2, 0.25) is 5.95 Å². The van der Waals surface area contributed by atoms with E-state index in [1.54, 1.807) is 0 Å². The van der Waals surface area contributed by atoms with Crippen molar-refractivity contribution in [2.24, 2.45) is 0 Å². The Kier molecular flexibility index (Phi) is 4.10. The molecular formula is C13H21N5O. The van der Waals surface area contributed by atoms with E-state index in [4.69, 9.17) is 4.74 Å². The molecule has 3 rings (SSSR count). The van der Waals surface area contributed by atoms with Gasteiger partial charge in [0.15, 0.2) is 0 Å². The summed E-state index contributed by atoms with van der Waals surface area (Å²) >= 11 is 0. The van der Waals surface area contributed by atoms with Crippen LogP contribution in [-0.2, 0) is 4.74 Å². The molecule has 0 radical (unpaired) electrons. The molecule has 0 spiro atoms. The van der Waals surface area contributed by atoms with Crippen molar-refractivity contribution in [3.8, 4) is 0 Å². The largest absolute Gasteiger partial charge is 0.378 e. The molecule has 19 heavy (non-hydrogen) atoms. The fourth-order valence-corrected chi connectivity index (χ4v) is 2.52. The Labute approximate surface area is 113 Å². The van der Waals surface area contributed by atoms with Gasteiger partial charge < -0.3 is 20.3 Å². The van der Waals surface area contributed by atoms with E-state index >= 15 is 0 Å². The normalized spacial score (nSPS) is 21.4. The first-order valence-electron chi connectivity index (χ1n) is 7.05. The van der Waals surface area contributed by atoms with Crippen LogP contribution in [0.5, 0.6) is 0 Å². The zero-order valence-corrected chi connectivity index (χ0v) is 11.1. The van der Waals surface area contributed by atoms with Crippen LogP contribution in [-0.4, -0.2) is 55.4 Å². The van der Waals surface area contributed by atoms with Crippen LogP contribution in [0.1, 0.15) is 12.8 Å². The molecular weight excluding hydrogens is 242 g/mol. The van der Waals surface area contributed by atoms with E-state index in [0.717, 1.165) is 64.0 Å². The van der Waals surface area contributed by atoms with Gasteiger partial charge in [0.1, 0.15) is 5.82 Å². The first-order valence-corrected chi connectivity index (χ1v) is 7.05. The average molecular weight is 263 g/mol. The number of morpholine rings is 1. The number of piperidine rings is 1. The third kappa shape index (κ3) is 3.33. The Morgan fingerprint density at radius 1 is 1.26 bits per heavy atom. The number of aromatic nitrogens is 2. The van der Waals surface area contributed by atoms with Gasteiger partial charge in [-0.2, -0.15) is 4.98 Å². The van der Waals surface area contributed by atoms with Gasteiger partial charge >= 0.3 is 0 Å². The molecule has 0 saturated carbocycles. The van der Waals surface area contributed by atoms with Gasteiger partial charge in [-0.3, -0.25) is 0 Å². The predicted octanol–water partition coefficient (Wildman–Crippen LogP) is 0.477. The van der Waals surface area contributed by atoms with Gasteiger partial charge in [-0.05, 0) is 32.0 Å². The molecule has 2 fully saturated rings. The van der Waals surface area contributed by atoms with Crippen molar-refractivity contribution in [3.05, 3.63) is 12.3 Å². The van der Waals surface area contributed by atoms with Crippen LogP contribution >= 0.6 is 0 Å². The Morgan fingerprint density at radius 3 is 2.84 bits per heavy atom. The summed E-state index contributed by atoms with van der Waals surface area (Å²) in [4.78, 5) is 11.2. The molecule has 1 aromatic heterocycles. The van der Waals surface area contributed by atoms with Crippen molar-refractivity contribution < 1.29 is 4.74 Å². The number of rotatable bonds is 3. The van der Waals surface area contributed by atoms with E-state index < -0.39 is 0 Å². The third-order valence-electron chi connectivity index (χ3n) is 3.63. The Morgan fingerprint density at radius 2 is 2.05 bits per heavy atom. The second kappa shape index (κ2) is 6.16. The summed E-state index contributed by atoms with van der Waals surface area (Å²) in [7, 11) is 0. The second-order valence-electron chi connectivity index (χ2n) is 5.01. The van der Waals surface area contributed by atoms with Crippen molar-refractivity contribution in [2.45, 2.75) is 18.9 Å². The van der Waals surface area contributed by atoms with Crippen molar-refractivity contribution in [1.82, 2.24) is 15.3 Å². The van der Waals surface area contributed by atoms with Gasteiger partial charge in [-0.25, -0.2) is 4.98 Å². The number of nitrogens with one attached hydrogen (secondary N) is 2. The first kappa shape index (κ1) is 12.6. The van der Waals surface area contributed by atoms with Crippen LogP contribution in [0.15, 0.2) is 12.3 Å². The highest BCUT2D eigenvalue weighted by Gasteiger charge is 2.16. The molecule has 6 heteroatoms. The molecule has 0 bridgehead atoms. The molecule has 2 aliphatic heterocycles. The zero-order valence-electron chi connectivity index (χ0n) is 11.1. The monoisotopic (exact) mass is 263 g/mol. The fourth-order valence-electron chi connectivity index (χ4n) is 2.52. The van der Waals surface area contributed by atoms with E-state index in [2.05, 4.69) is 25.5 Å². The molecule has 0 aromatic carbocycles. The Hall–Kier alpha value is -1.40. The lowest BCUT2D eigenvalue weighted by atomic mass is 10.1. The summed E-state index contributed by atoms with van der Waals surface area (Å²) < 4.78 is 5.35. The summed E-state index contributed by atoms with van der Waals surface area (Å²) in [5.74, 6) is 1.74. The van der Waals surface area contributed by atoms with Crippen LogP contribution in [0.4, 0.5) is 11.8 Å². The molecule has 2 aliphatic rings. The van der Waals surface area contributed by atoms with Gasteiger partial charge in [0.05, 0.1) is 13.2 Å². The van der Waals surface area contributed by atoms with Crippen molar-refractivity contribution in [1.29, 1.82) is 0 Å². The maximum absolute atomic E-state index is 5.35.